The molecule has 0 saturated heterocycles. The minimum atomic E-state index is 0. The number of fused-ring (bicyclic) bond motifs is 1. The fourth-order valence-corrected chi connectivity index (χ4v) is 2.31. The van der Waals surface area contributed by atoms with Gasteiger partial charge in [-0.3, -0.25) is 9.39 Å². The van der Waals surface area contributed by atoms with Crippen LogP contribution >= 0.6 is 35.6 Å². The van der Waals surface area contributed by atoms with Crippen LogP contribution in [0.3, 0.4) is 0 Å². The molecule has 6 nitrogen and oxygen atoms in total. The molecule has 0 spiro atoms. The first-order valence-electron chi connectivity index (χ1n) is 7.24. The molecule has 0 bridgehead atoms. The first kappa shape index (κ1) is 18.5. The largest absolute Gasteiger partial charge is 0.352 e. The smallest absolute Gasteiger partial charge is 0.191 e. The molecular weight excluding hydrogens is 439 g/mol. The Morgan fingerprint density at radius 2 is 1.83 bits per heavy atom. The van der Waals surface area contributed by atoms with Crippen LogP contribution in [0.4, 0.5) is 0 Å². The molecule has 0 aliphatic heterocycles. The van der Waals surface area contributed by atoms with Crippen LogP contribution in [0.15, 0.2) is 53.7 Å². The van der Waals surface area contributed by atoms with Gasteiger partial charge < -0.3 is 10.6 Å². The lowest BCUT2D eigenvalue weighted by Gasteiger charge is -2.11. The number of nitrogens with zero attached hydrogens (tertiary/aromatic N) is 4. The highest BCUT2D eigenvalue weighted by molar-refractivity contribution is 14.0. The fraction of sp³-hybridized carbons (Fsp3) is 0.188. The van der Waals surface area contributed by atoms with Crippen molar-refractivity contribution in [2.24, 2.45) is 4.99 Å². The van der Waals surface area contributed by atoms with Gasteiger partial charge in [-0.15, -0.1) is 34.2 Å². The molecular formula is C16H18ClIN6. The summed E-state index contributed by atoms with van der Waals surface area (Å²) < 4.78 is 1.94. The number of rotatable bonds is 4. The topological polar surface area (TPSA) is 66.6 Å². The van der Waals surface area contributed by atoms with Crippen molar-refractivity contribution in [2.45, 2.75) is 13.1 Å². The number of nitrogens with one attached hydrogen (secondary N) is 2. The Hall–Kier alpha value is -1.87. The third kappa shape index (κ3) is 4.57. The van der Waals surface area contributed by atoms with Gasteiger partial charge in [-0.2, -0.15) is 0 Å². The van der Waals surface area contributed by atoms with E-state index >= 15 is 0 Å². The predicted molar refractivity (Wildman–Crippen MR) is 107 cm³/mol. The molecule has 24 heavy (non-hydrogen) atoms. The van der Waals surface area contributed by atoms with Gasteiger partial charge in [0.25, 0.3) is 0 Å². The van der Waals surface area contributed by atoms with Crippen molar-refractivity contribution in [3.05, 3.63) is 65.1 Å². The van der Waals surface area contributed by atoms with Crippen LogP contribution in [0.1, 0.15) is 11.4 Å². The van der Waals surface area contributed by atoms with Crippen LogP contribution in [0.5, 0.6) is 0 Å². The van der Waals surface area contributed by atoms with E-state index in [4.69, 9.17) is 11.6 Å². The average molecular weight is 457 g/mol. The zero-order chi connectivity index (χ0) is 16.1. The van der Waals surface area contributed by atoms with Crippen molar-refractivity contribution in [1.29, 1.82) is 0 Å². The second-order valence-electron chi connectivity index (χ2n) is 4.95. The van der Waals surface area contributed by atoms with Gasteiger partial charge in [0, 0.05) is 24.8 Å². The molecule has 0 aliphatic carbocycles. The maximum atomic E-state index is 5.88. The molecule has 0 aliphatic rings. The molecule has 3 rings (SSSR count). The van der Waals surface area contributed by atoms with E-state index in [-0.39, 0.29) is 24.0 Å². The van der Waals surface area contributed by atoms with Crippen LogP contribution < -0.4 is 10.6 Å². The summed E-state index contributed by atoms with van der Waals surface area (Å²) in [6.45, 7) is 1.20. The molecule has 0 amide bonds. The van der Waals surface area contributed by atoms with E-state index < -0.39 is 0 Å². The van der Waals surface area contributed by atoms with Gasteiger partial charge in [-0.1, -0.05) is 29.8 Å². The maximum Gasteiger partial charge on any atom is 0.191 e. The van der Waals surface area contributed by atoms with Gasteiger partial charge in [0.15, 0.2) is 17.4 Å². The number of halogens is 2. The standard InChI is InChI=1S/C16H17ClN6.HI/c1-18-16(19-10-12-5-7-13(17)8-6-12)20-11-15-22-21-14-4-2-3-9-23(14)15;/h2-9H,10-11H2,1H3,(H2,18,19,20);1H. The van der Waals surface area contributed by atoms with Gasteiger partial charge in [-0.25, -0.2) is 0 Å². The van der Waals surface area contributed by atoms with Crippen molar-refractivity contribution in [2.75, 3.05) is 7.05 Å². The SMILES string of the molecule is CN=C(NCc1ccc(Cl)cc1)NCc1nnc2ccccn12.I. The van der Waals surface area contributed by atoms with Crippen molar-refractivity contribution in [1.82, 2.24) is 25.2 Å². The summed E-state index contributed by atoms with van der Waals surface area (Å²) in [5.74, 6) is 1.53. The van der Waals surface area contributed by atoms with E-state index in [9.17, 15) is 0 Å². The van der Waals surface area contributed by atoms with E-state index in [0.29, 0.717) is 19.0 Å². The van der Waals surface area contributed by atoms with Crippen molar-refractivity contribution >= 4 is 47.2 Å². The Morgan fingerprint density at radius 1 is 1.08 bits per heavy atom. The number of benzene rings is 1. The molecule has 0 saturated carbocycles. The normalized spacial score (nSPS) is 11.2. The summed E-state index contributed by atoms with van der Waals surface area (Å²) in [6, 6.07) is 13.5. The summed E-state index contributed by atoms with van der Waals surface area (Å²) in [5, 5.41) is 15.5. The number of guanidine groups is 1. The lowest BCUT2D eigenvalue weighted by molar-refractivity contribution is 0.762. The summed E-state index contributed by atoms with van der Waals surface area (Å²) in [7, 11) is 1.74. The third-order valence-electron chi connectivity index (χ3n) is 3.40. The minimum Gasteiger partial charge on any atom is -0.352 e. The molecule has 8 heteroatoms. The first-order chi connectivity index (χ1) is 11.3. The summed E-state index contributed by atoms with van der Waals surface area (Å²) in [6.07, 6.45) is 1.94. The van der Waals surface area contributed by atoms with Gasteiger partial charge >= 0.3 is 0 Å². The molecule has 0 fully saturated rings. The molecule has 0 unspecified atom stereocenters. The molecule has 2 N–H and O–H groups in total. The molecule has 1 aromatic carbocycles. The number of pyridine rings is 1. The van der Waals surface area contributed by atoms with Gasteiger partial charge in [0.1, 0.15) is 0 Å². The minimum absolute atomic E-state index is 0. The van der Waals surface area contributed by atoms with Crippen LogP contribution in [0.2, 0.25) is 5.02 Å². The summed E-state index contributed by atoms with van der Waals surface area (Å²) >= 11 is 5.88. The van der Waals surface area contributed by atoms with E-state index in [1.165, 1.54) is 0 Å². The Morgan fingerprint density at radius 3 is 2.58 bits per heavy atom. The Labute approximate surface area is 162 Å². The highest BCUT2D eigenvalue weighted by atomic mass is 127. The Balaban J connectivity index is 0.00000208. The second kappa shape index (κ2) is 8.84. The molecule has 3 aromatic rings. The highest BCUT2D eigenvalue weighted by Crippen LogP contribution is 2.09. The predicted octanol–water partition coefficient (Wildman–Crippen LogP) is 2.87. The molecule has 126 valence electrons. The number of hydrogen-bond donors (Lipinski definition) is 2. The Bertz CT molecular complexity index is 815. The van der Waals surface area contributed by atoms with Crippen molar-refractivity contribution in [3.63, 3.8) is 0 Å². The quantitative estimate of drug-likeness (QED) is 0.360. The molecule has 0 atom stereocenters. The van der Waals surface area contributed by atoms with Crippen molar-refractivity contribution < 1.29 is 0 Å². The van der Waals surface area contributed by atoms with Crippen LogP contribution in [-0.2, 0) is 13.1 Å². The first-order valence-corrected chi connectivity index (χ1v) is 7.61. The Kier molecular flexibility index (Phi) is 6.80. The van der Waals surface area contributed by atoms with Crippen molar-refractivity contribution in [3.8, 4) is 0 Å². The lowest BCUT2D eigenvalue weighted by Crippen LogP contribution is -2.36. The molecule has 2 aromatic heterocycles. The van der Waals surface area contributed by atoms with E-state index in [1.807, 2.05) is 53.1 Å². The maximum absolute atomic E-state index is 5.88. The average Bonchev–Trinajstić information content (AvgIpc) is 3.00. The van der Waals surface area contributed by atoms with Crippen LogP contribution in [0.25, 0.3) is 5.65 Å². The zero-order valence-corrected chi connectivity index (χ0v) is 16.2. The number of aromatic nitrogens is 3. The summed E-state index contributed by atoms with van der Waals surface area (Å²) in [4.78, 5) is 4.21. The van der Waals surface area contributed by atoms with Crippen LogP contribution in [-0.4, -0.2) is 27.6 Å². The van der Waals surface area contributed by atoms with E-state index in [2.05, 4.69) is 25.8 Å². The van der Waals surface area contributed by atoms with E-state index in [0.717, 1.165) is 22.1 Å². The second-order valence-corrected chi connectivity index (χ2v) is 5.39. The fourth-order valence-electron chi connectivity index (χ4n) is 2.18. The van der Waals surface area contributed by atoms with Gasteiger partial charge in [-0.05, 0) is 29.8 Å². The monoisotopic (exact) mass is 456 g/mol. The third-order valence-corrected chi connectivity index (χ3v) is 3.65. The summed E-state index contributed by atoms with van der Waals surface area (Å²) in [5.41, 5.74) is 1.96. The van der Waals surface area contributed by atoms with Crippen LogP contribution in [0, 0.1) is 0 Å². The number of aliphatic imine (C=N–C) groups is 1. The molecule has 2 heterocycles. The highest BCUT2D eigenvalue weighted by Gasteiger charge is 2.05. The van der Waals surface area contributed by atoms with Gasteiger partial charge in [0.05, 0.1) is 6.54 Å². The van der Waals surface area contributed by atoms with E-state index in [1.54, 1.807) is 7.05 Å². The zero-order valence-electron chi connectivity index (χ0n) is 13.1. The number of hydrogen-bond acceptors (Lipinski definition) is 3. The lowest BCUT2D eigenvalue weighted by atomic mass is 10.2. The van der Waals surface area contributed by atoms with Gasteiger partial charge in [0.2, 0.25) is 0 Å². The molecule has 0 radical (unpaired) electrons.